The molecule has 14 heavy (non-hydrogen) atoms. The molecule has 0 radical (unpaired) electrons. The molecule has 0 aliphatic carbocycles. The Morgan fingerprint density at radius 3 is 2.64 bits per heavy atom. The number of thioether (sulfide) groups is 1. The molecule has 0 spiro atoms. The molecule has 0 aromatic carbocycles. The van der Waals surface area contributed by atoms with Crippen LogP contribution in [0.4, 0.5) is 0 Å². The molecule has 0 bridgehead atoms. The summed E-state index contributed by atoms with van der Waals surface area (Å²) in [7, 11) is 0. The summed E-state index contributed by atoms with van der Waals surface area (Å²) < 4.78 is 0. The summed E-state index contributed by atoms with van der Waals surface area (Å²) in [4.78, 5) is 2.84. The average molecular weight is 229 g/mol. The summed E-state index contributed by atoms with van der Waals surface area (Å²) in [5.41, 5.74) is 0. The zero-order valence-corrected chi connectivity index (χ0v) is 11.0. The Hall–Kier alpha value is 0.01000. The minimum absolute atomic E-state index is 0.489. The van der Waals surface area contributed by atoms with Crippen molar-refractivity contribution in [2.75, 3.05) is 12.8 Å². The molecule has 0 aliphatic heterocycles. The van der Waals surface area contributed by atoms with E-state index >= 15 is 0 Å². The van der Waals surface area contributed by atoms with Crippen LogP contribution in [0.5, 0.6) is 0 Å². The molecule has 0 saturated heterocycles. The minimum Gasteiger partial charge on any atom is -0.308 e. The van der Waals surface area contributed by atoms with Crippen molar-refractivity contribution < 1.29 is 0 Å². The molecule has 2 atom stereocenters. The van der Waals surface area contributed by atoms with E-state index < -0.39 is 0 Å². The molecule has 1 aromatic rings. The fraction of sp³-hybridized carbons (Fsp3) is 0.636. The summed E-state index contributed by atoms with van der Waals surface area (Å²) in [5.74, 6) is 0. The van der Waals surface area contributed by atoms with Crippen molar-refractivity contribution in [2.45, 2.75) is 32.1 Å². The lowest BCUT2D eigenvalue weighted by Gasteiger charge is -2.15. The van der Waals surface area contributed by atoms with Crippen LogP contribution in [0.3, 0.4) is 0 Å². The van der Waals surface area contributed by atoms with E-state index in [4.69, 9.17) is 0 Å². The van der Waals surface area contributed by atoms with Gasteiger partial charge in [0, 0.05) is 27.6 Å². The van der Waals surface area contributed by atoms with Crippen molar-refractivity contribution in [2.24, 2.45) is 0 Å². The molecular weight excluding hydrogens is 210 g/mol. The maximum absolute atomic E-state index is 3.55. The van der Waals surface area contributed by atoms with Gasteiger partial charge in [-0.05, 0) is 32.2 Å². The fourth-order valence-corrected chi connectivity index (χ4v) is 2.38. The molecular formula is C11H19NS2. The van der Waals surface area contributed by atoms with Gasteiger partial charge in [-0.1, -0.05) is 6.92 Å². The molecule has 1 aromatic heterocycles. The largest absolute Gasteiger partial charge is 0.308 e. The van der Waals surface area contributed by atoms with Gasteiger partial charge in [0.2, 0.25) is 0 Å². The molecule has 0 saturated carbocycles. The highest BCUT2D eigenvalue weighted by molar-refractivity contribution is 7.99. The highest BCUT2D eigenvalue weighted by Gasteiger charge is 2.08. The van der Waals surface area contributed by atoms with E-state index in [1.807, 2.05) is 23.1 Å². The molecule has 0 amide bonds. The molecule has 3 heteroatoms. The van der Waals surface area contributed by atoms with Gasteiger partial charge in [-0.25, -0.2) is 0 Å². The van der Waals surface area contributed by atoms with E-state index in [-0.39, 0.29) is 0 Å². The Balaban J connectivity index is 2.39. The van der Waals surface area contributed by atoms with Crippen LogP contribution in [-0.2, 0) is 0 Å². The van der Waals surface area contributed by atoms with Gasteiger partial charge in [0.15, 0.2) is 0 Å². The topological polar surface area (TPSA) is 12.0 Å². The van der Waals surface area contributed by atoms with Gasteiger partial charge in [-0.3, -0.25) is 0 Å². The minimum atomic E-state index is 0.489. The van der Waals surface area contributed by atoms with Gasteiger partial charge in [0.25, 0.3) is 0 Å². The monoisotopic (exact) mass is 229 g/mol. The molecule has 1 N–H and O–H groups in total. The van der Waals surface area contributed by atoms with Crippen molar-refractivity contribution in [3.05, 3.63) is 21.9 Å². The summed E-state index contributed by atoms with van der Waals surface area (Å²) in [5, 5.41) is 4.25. The van der Waals surface area contributed by atoms with Gasteiger partial charge in [-0.2, -0.15) is 11.8 Å². The Kier molecular flexibility index (Phi) is 4.99. The highest BCUT2D eigenvalue weighted by Crippen LogP contribution is 2.22. The molecule has 1 heterocycles. The lowest BCUT2D eigenvalue weighted by molar-refractivity contribution is 0.584. The zero-order valence-electron chi connectivity index (χ0n) is 9.33. The van der Waals surface area contributed by atoms with E-state index in [2.05, 4.69) is 44.5 Å². The van der Waals surface area contributed by atoms with E-state index in [0.29, 0.717) is 11.3 Å². The smallest absolute Gasteiger partial charge is 0.0386 e. The van der Waals surface area contributed by atoms with Crippen LogP contribution in [0, 0.1) is 6.92 Å². The quantitative estimate of drug-likeness (QED) is 0.830. The first-order valence-electron chi connectivity index (χ1n) is 4.96. The molecule has 2 unspecified atom stereocenters. The van der Waals surface area contributed by atoms with Crippen molar-refractivity contribution in [3.8, 4) is 0 Å². The van der Waals surface area contributed by atoms with Crippen LogP contribution in [0.2, 0.25) is 0 Å². The predicted octanol–water partition coefficient (Wildman–Crippen LogP) is 3.46. The Labute approximate surface area is 95.3 Å². The van der Waals surface area contributed by atoms with Crippen LogP contribution < -0.4 is 5.32 Å². The van der Waals surface area contributed by atoms with E-state index in [0.717, 1.165) is 6.54 Å². The van der Waals surface area contributed by atoms with Gasteiger partial charge < -0.3 is 5.32 Å². The first-order valence-corrected chi connectivity index (χ1v) is 7.06. The third-order valence-electron chi connectivity index (χ3n) is 2.30. The van der Waals surface area contributed by atoms with Crippen LogP contribution >= 0.6 is 23.1 Å². The van der Waals surface area contributed by atoms with E-state index in [9.17, 15) is 0 Å². The molecule has 0 fully saturated rings. The second kappa shape index (κ2) is 5.79. The number of nitrogens with one attached hydrogen (secondary N) is 1. The normalized spacial score (nSPS) is 15.4. The second-order valence-corrected chi connectivity index (χ2v) is 6.22. The molecule has 0 aliphatic rings. The molecule has 1 nitrogen and oxygen atoms in total. The average Bonchev–Trinajstić information content (AvgIpc) is 2.60. The van der Waals surface area contributed by atoms with Crippen molar-refractivity contribution in [3.63, 3.8) is 0 Å². The van der Waals surface area contributed by atoms with Crippen molar-refractivity contribution in [1.29, 1.82) is 0 Å². The number of thiophene rings is 1. The van der Waals surface area contributed by atoms with Gasteiger partial charge in [0.1, 0.15) is 0 Å². The molecule has 1 rings (SSSR count). The zero-order chi connectivity index (χ0) is 10.6. The van der Waals surface area contributed by atoms with E-state index in [1.165, 1.54) is 9.75 Å². The predicted molar refractivity (Wildman–Crippen MR) is 68.5 cm³/mol. The maximum atomic E-state index is 3.55. The third-order valence-corrected chi connectivity index (χ3v) is 4.46. The van der Waals surface area contributed by atoms with Gasteiger partial charge in [0.05, 0.1) is 0 Å². The second-order valence-electron chi connectivity index (χ2n) is 3.62. The third kappa shape index (κ3) is 3.64. The Bertz CT molecular complexity index is 270. The number of hydrogen-bond acceptors (Lipinski definition) is 3. The van der Waals surface area contributed by atoms with Crippen LogP contribution in [0.1, 0.15) is 29.6 Å². The van der Waals surface area contributed by atoms with Crippen molar-refractivity contribution in [1.82, 2.24) is 5.32 Å². The lowest BCUT2D eigenvalue weighted by Crippen LogP contribution is -2.25. The standard InChI is InChI=1S/C11H19NS2/c1-8-5-6-11(14-8)10(3)12-7-9(2)13-4/h5-6,9-10,12H,7H2,1-4H3. The Morgan fingerprint density at radius 2 is 2.14 bits per heavy atom. The van der Waals surface area contributed by atoms with Crippen molar-refractivity contribution >= 4 is 23.1 Å². The van der Waals surface area contributed by atoms with Gasteiger partial charge >= 0.3 is 0 Å². The first-order chi connectivity index (χ1) is 6.63. The van der Waals surface area contributed by atoms with Crippen LogP contribution in [-0.4, -0.2) is 18.1 Å². The van der Waals surface area contributed by atoms with Gasteiger partial charge in [-0.15, -0.1) is 11.3 Å². The molecule has 80 valence electrons. The first kappa shape index (κ1) is 12.1. The Morgan fingerprint density at radius 1 is 1.43 bits per heavy atom. The summed E-state index contributed by atoms with van der Waals surface area (Å²) >= 11 is 3.79. The summed E-state index contributed by atoms with van der Waals surface area (Å²) in [6.07, 6.45) is 2.16. The van der Waals surface area contributed by atoms with Crippen LogP contribution in [0.15, 0.2) is 12.1 Å². The summed E-state index contributed by atoms with van der Waals surface area (Å²) in [6.45, 7) is 7.73. The van der Waals surface area contributed by atoms with Crippen LogP contribution in [0.25, 0.3) is 0 Å². The number of aryl methyl sites for hydroxylation is 1. The fourth-order valence-electron chi connectivity index (χ4n) is 1.21. The lowest BCUT2D eigenvalue weighted by atomic mass is 10.2. The number of rotatable bonds is 5. The number of hydrogen-bond donors (Lipinski definition) is 1. The summed E-state index contributed by atoms with van der Waals surface area (Å²) in [6, 6.07) is 4.90. The maximum Gasteiger partial charge on any atom is 0.0386 e. The highest BCUT2D eigenvalue weighted by atomic mass is 32.2. The van der Waals surface area contributed by atoms with E-state index in [1.54, 1.807) is 0 Å². The SMILES string of the molecule is CSC(C)CNC(C)c1ccc(C)s1.